The largest absolute Gasteiger partial charge is 0.445 e. The summed E-state index contributed by atoms with van der Waals surface area (Å²) in [7, 11) is 0. The van der Waals surface area contributed by atoms with E-state index in [-0.39, 0.29) is 28.9 Å². The van der Waals surface area contributed by atoms with Gasteiger partial charge in [0.2, 0.25) is 5.91 Å². The fourth-order valence-electron chi connectivity index (χ4n) is 3.37. The Labute approximate surface area is 174 Å². The molecule has 0 unspecified atom stereocenters. The van der Waals surface area contributed by atoms with Crippen molar-refractivity contribution in [2.24, 2.45) is 5.41 Å². The minimum absolute atomic E-state index is 0.00313. The molecule has 0 aromatic carbocycles. The van der Waals surface area contributed by atoms with Crippen molar-refractivity contribution in [1.29, 1.82) is 0 Å². The van der Waals surface area contributed by atoms with Crippen LogP contribution in [-0.4, -0.2) is 46.6 Å². The SMILES string of the molecule is CC(C)(C)OC(=O)N1CC[C@@H](NC(=O)CCc2ncc(C(C)(C)C)o2)C(C)(C)C1. The van der Waals surface area contributed by atoms with Crippen LogP contribution in [0.25, 0.3) is 0 Å². The molecule has 1 aliphatic heterocycles. The molecule has 0 bridgehead atoms. The van der Waals surface area contributed by atoms with Gasteiger partial charge in [-0.3, -0.25) is 4.79 Å². The van der Waals surface area contributed by atoms with Gasteiger partial charge in [-0.25, -0.2) is 9.78 Å². The number of aromatic nitrogens is 1. The Morgan fingerprint density at radius 2 is 1.93 bits per heavy atom. The summed E-state index contributed by atoms with van der Waals surface area (Å²) >= 11 is 0. The fraction of sp³-hybridized carbons (Fsp3) is 0.773. The number of hydrogen-bond acceptors (Lipinski definition) is 5. The Morgan fingerprint density at radius 3 is 2.45 bits per heavy atom. The zero-order chi connectivity index (χ0) is 22.0. The second-order valence-electron chi connectivity index (χ2n) is 10.7. The molecule has 164 valence electrons. The summed E-state index contributed by atoms with van der Waals surface area (Å²) in [5.74, 6) is 1.39. The number of rotatable bonds is 4. The molecular weight excluding hydrogens is 370 g/mol. The third-order valence-corrected chi connectivity index (χ3v) is 5.07. The van der Waals surface area contributed by atoms with E-state index in [1.807, 2.05) is 20.8 Å². The first-order chi connectivity index (χ1) is 13.2. The molecule has 7 heteroatoms. The second-order valence-corrected chi connectivity index (χ2v) is 10.7. The van der Waals surface area contributed by atoms with E-state index in [0.29, 0.717) is 38.2 Å². The van der Waals surface area contributed by atoms with Gasteiger partial charge in [-0.2, -0.15) is 0 Å². The summed E-state index contributed by atoms with van der Waals surface area (Å²) in [6.07, 6.45) is 2.94. The molecule has 2 amide bonds. The van der Waals surface area contributed by atoms with Crippen LogP contribution < -0.4 is 5.32 Å². The van der Waals surface area contributed by atoms with Crippen molar-refractivity contribution >= 4 is 12.0 Å². The summed E-state index contributed by atoms with van der Waals surface area (Å²) in [4.78, 5) is 30.9. The number of aryl methyl sites for hydroxylation is 1. The molecule has 2 rings (SSSR count). The van der Waals surface area contributed by atoms with E-state index in [1.54, 1.807) is 11.1 Å². The van der Waals surface area contributed by atoms with E-state index in [0.717, 1.165) is 5.76 Å². The van der Waals surface area contributed by atoms with Crippen LogP contribution in [0.3, 0.4) is 0 Å². The van der Waals surface area contributed by atoms with Gasteiger partial charge in [-0.1, -0.05) is 34.6 Å². The first-order valence-electron chi connectivity index (χ1n) is 10.4. The van der Waals surface area contributed by atoms with E-state index in [1.165, 1.54) is 0 Å². The Hall–Kier alpha value is -2.05. The molecule has 0 saturated carbocycles. The quantitative estimate of drug-likeness (QED) is 0.814. The van der Waals surface area contributed by atoms with Crippen molar-refractivity contribution in [3.8, 4) is 0 Å². The summed E-state index contributed by atoms with van der Waals surface area (Å²) in [6.45, 7) is 17.0. The van der Waals surface area contributed by atoms with E-state index >= 15 is 0 Å². The second kappa shape index (κ2) is 8.36. The minimum Gasteiger partial charge on any atom is -0.445 e. The minimum atomic E-state index is -0.515. The zero-order valence-corrected chi connectivity index (χ0v) is 19.2. The lowest BCUT2D eigenvalue weighted by molar-refractivity contribution is -0.123. The maximum absolute atomic E-state index is 12.5. The van der Waals surface area contributed by atoms with Crippen molar-refractivity contribution < 1.29 is 18.7 Å². The lowest BCUT2D eigenvalue weighted by Gasteiger charge is -2.44. The maximum atomic E-state index is 12.5. The van der Waals surface area contributed by atoms with Crippen molar-refractivity contribution in [2.45, 2.75) is 91.7 Å². The Kier molecular flexibility index (Phi) is 6.70. The molecule has 1 aromatic rings. The van der Waals surface area contributed by atoms with Gasteiger partial charge in [-0.15, -0.1) is 0 Å². The van der Waals surface area contributed by atoms with Gasteiger partial charge in [0.05, 0.1) is 6.20 Å². The lowest BCUT2D eigenvalue weighted by atomic mass is 9.79. The number of oxazole rings is 1. The molecule has 2 heterocycles. The van der Waals surface area contributed by atoms with Crippen LogP contribution in [0.2, 0.25) is 0 Å². The Morgan fingerprint density at radius 1 is 1.28 bits per heavy atom. The van der Waals surface area contributed by atoms with Gasteiger partial charge in [0.25, 0.3) is 0 Å². The number of nitrogens with zero attached hydrogens (tertiary/aromatic N) is 2. The van der Waals surface area contributed by atoms with Crippen LogP contribution in [0.15, 0.2) is 10.6 Å². The Bertz CT molecular complexity index is 725. The normalized spacial score (nSPS) is 19.7. The summed E-state index contributed by atoms with van der Waals surface area (Å²) in [5, 5.41) is 3.14. The van der Waals surface area contributed by atoms with Crippen molar-refractivity contribution in [3.05, 3.63) is 17.8 Å². The van der Waals surface area contributed by atoms with E-state index in [4.69, 9.17) is 9.15 Å². The molecule has 7 nitrogen and oxygen atoms in total. The van der Waals surface area contributed by atoms with Gasteiger partial charge in [-0.05, 0) is 27.2 Å². The van der Waals surface area contributed by atoms with Gasteiger partial charge >= 0.3 is 6.09 Å². The highest BCUT2D eigenvalue weighted by molar-refractivity contribution is 5.76. The third-order valence-electron chi connectivity index (χ3n) is 5.07. The molecule has 0 aliphatic carbocycles. The lowest BCUT2D eigenvalue weighted by Crippen LogP contribution is -2.57. The first-order valence-corrected chi connectivity index (χ1v) is 10.4. The first kappa shape index (κ1) is 23.2. The van der Waals surface area contributed by atoms with Crippen LogP contribution in [0.5, 0.6) is 0 Å². The van der Waals surface area contributed by atoms with Crippen LogP contribution in [-0.2, 0) is 21.4 Å². The number of carbonyl (C=O) groups is 2. The highest BCUT2D eigenvalue weighted by Gasteiger charge is 2.39. The van der Waals surface area contributed by atoms with Gasteiger partial charge in [0.15, 0.2) is 5.89 Å². The zero-order valence-electron chi connectivity index (χ0n) is 19.2. The number of amides is 2. The van der Waals surface area contributed by atoms with Crippen molar-refractivity contribution in [2.75, 3.05) is 13.1 Å². The molecule has 1 fully saturated rings. The van der Waals surface area contributed by atoms with Gasteiger partial charge in [0, 0.05) is 42.8 Å². The summed E-state index contributed by atoms with van der Waals surface area (Å²) in [5.41, 5.74) is -0.855. The highest BCUT2D eigenvalue weighted by atomic mass is 16.6. The van der Waals surface area contributed by atoms with Crippen LogP contribution in [0, 0.1) is 5.41 Å². The number of likely N-dealkylation sites (tertiary alicyclic amines) is 1. The molecule has 1 aromatic heterocycles. The van der Waals surface area contributed by atoms with Crippen molar-refractivity contribution in [3.63, 3.8) is 0 Å². The fourth-order valence-corrected chi connectivity index (χ4v) is 3.37. The summed E-state index contributed by atoms with van der Waals surface area (Å²) < 4.78 is 11.2. The predicted octanol–water partition coefficient (Wildman–Crippen LogP) is 4.06. The number of nitrogens with one attached hydrogen (secondary N) is 1. The average molecular weight is 408 g/mol. The third kappa shape index (κ3) is 6.75. The average Bonchev–Trinajstić information content (AvgIpc) is 3.02. The summed E-state index contributed by atoms with van der Waals surface area (Å²) in [6, 6.07) is 0.00313. The predicted molar refractivity (Wildman–Crippen MR) is 112 cm³/mol. The molecule has 1 saturated heterocycles. The highest BCUT2D eigenvalue weighted by Crippen LogP contribution is 2.30. The van der Waals surface area contributed by atoms with E-state index in [2.05, 4.69) is 44.9 Å². The van der Waals surface area contributed by atoms with Crippen LogP contribution in [0.1, 0.15) is 79.9 Å². The van der Waals surface area contributed by atoms with Gasteiger partial charge < -0.3 is 19.4 Å². The molecule has 0 radical (unpaired) electrons. The van der Waals surface area contributed by atoms with Gasteiger partial charge in [0.1, 0.15) is 11.4 Å². The number of piperidine rings is 1. The topological polar surface area (TPSA) is 84.7 Å². The number of hydrogen-bond donors (Lipinski definition) is 1. The molecule has 0 spiro atoms. The molecule has 1 atom stereocenters. The smallest absolute Gasteiger partial charge is 0.410 e. The number of carbonyl (C=O) groups excluding carboxylic acids is 2. The molecule has 1 N–H and O–H groups in total. The molecule has 1 aliphatic rings. The van der Waals surface area contributed by atoms with E-state index in [9.17, 15) is 9.59 Å². The van der Waals surface area contributed by atoms with Crippen LogP contribution in [0.4, 0.5) is 4.79 Å². The maximum Gasteiger partial charge on any atom is 0.410 e. The monoisotopic (exact) mass is 407 g/mol. The molecular formula is C22H37N3O4. The Balaban J connectivity index is 1.86. The molecule has 29 heavy (non-hydrogen) atoms. The van der Waals surface area contributed by atoms with E-state index < -0.39 is 5.60 Å². The van der Waals surface area contributed by atoms with Crippen LogP contribution >= 0.6 is 0 Å². The van der Waals surface area contributed by atoms with Crippen molar-refractivity contribution in [1.82, 2.24) is 15.2 Å². The standard InChI is InChI=1S/C22H37N3O4/c1-20(2,3)16-13-23-18(28-16)10-9-17(26)24-15-11-12-25(14-22(15,7)8)19(27)29-21(4,5)6/h13,15H,9-12,14H2,1-8H3,(H,24,26)/t15-/m1/s1. The number of ether oxygens (including phenoxy) is 1.